The van der Waals surface area contributed by atoms with Crippen molar-refractivity contribution in [3.05, 3.63) is 23.8 Å². The highest BCUT2D eigenvalue weighted by atomic mass is 16.6. The lowest BCUT2D eigenvalue weighted by Crippen LogP contribution is -2.45. The van der Waals surface area contributed by atoms with Gasteiger partial charge in [0.2, 0.25) is 0 Å². The molecule has 4 aliphatic carbocycles. The topological polar surface area (TPSA) is 518 Å². The SMILES string of the molecule is CC(C)N.CC1(CN)COC1.COCCCN.CON.C[C@@H](N)C1CC1.C[C@H](N)C1CC1.Cc1cnc(CN)cn1.N.N#CN.NC1CC1.NC1CCOCC1.NC1COC1.NCC1CC1.NCCCO.NCCN1CCCC1. The summed E-state index contributed by atoms with van der Waals surface area (Å²) in [4.78, 5) is 14.2. The number of ether oxygens (including phenoxy) is 4. The van der Waals surface area contributed by atoms with Crippen LogP contribution >= 0.6 is 0 Å². The van der Waals surface area contributed by atoms with E-state index in [0.717, 1.165) is 134 Å². The largest absolute Gasteiger partial charge is 0.396 e. The fraction of sp³-hybridized carbons (Fsp3) is 0.907. The van der Waals surface area contributed by atoms with Gasteiger partial charge in [0.15, 0.2) is 6.19 Å². The van der Waals surface area contributed by atoms with E-state index in [1.165, 1.54) is 90.6 Å². The molecule has 4 saturated carbocycles. The molecule has 25 heteroatoms. The van der Waals surface area contributed by atoms with Crippen molar-refractivity contribution < 1.29 is 28.9 Å². The molecule has 1 aromatic rings. The molecule has 79 heavy (non-hydrogen) atoms. The number of nitriles is 1. The zero-order chi connectivity index (χ0) is 60.4. The van der Waals surface area contributed by atoms with Gasteiger partial charge >= 0.3 is 0 Å². The normalized spacial score (nSPS) is 18.5. The summed E-state index contributed by atoms with van der Waals surface area (Å²) in [5.74, 6) is 7.02. The number of aromatic nitrogens is 2. The van der Waals surface area contributed by atoms with Crippen LogP contribution in [0.4, 0.5) is 0 Å². The minimum absolute atomic E-state index is 0. The lowest BCUT2D eigenvalue weighted by atomic mass is 9.89. The predicted octanol–water partition coefficient (Wildman–Crippen LogP) is 0.441. The fourth-order valence-electron chi connectivity index (χ4n) is 5.26. The van der Waals surface area contributed by atoms with Gasteiger partial charge in [0, 0.05) is 102 Å². The first-order valence-electron chi connectivity index (χ1n) is 28.5. The Morgan fingerprint density at radius 2 is 1.15 bits per heavy atom. The van der Waals surface area contributed by atoms with Gasteiger partial charge in [-0.25, -0.2) is 5.90 Å². The van der Waals surface area contributed by atoms with Gasteiger partial charge in [0.25, 0.3) is 0 Å². The van der Waals surface area contributed by atoms with Crippen molar-refractivity contribution in [2.24, 2.45) is 104 Å². The third-order valence-corrected chi connectivity index (χ3v) is 11.3. The van der Waals surface area contributed by atoms with Crippen LogP contribution in [0.5, 0.6) is 0 Å². The summed E-state index contributed by atoms with van der Waals surface area (Å²) in [7, 11) is 3.08. The summed E-state index contributed by atoms with van der Waals surface area (Å²) in [6, 6.07) is 2.60. The fourth-order valence-corrected chi connectivity index (χ4v) is 5.26. The summed E-state index contributed by atoms with van der Waals surface area (Å²) >= 11 is 0. The Labute approximate surface area is 481 Å². The van der Waals surface area contributed by atoms with E-state index in [1.54, 1.807) is 19.5 Å². The summed E-state index contributed by atoms with van der Waals surface area (Å²) in [5.41, 5.74) is 69.8. The summed E-state index contributed by atoms with van der Waals surface area (Å²) in [5, 5.41) is 15.1. The van der Waals surface area contributed by atoms with Crippen LogP contribution in [-0.2, 0) is 30.3 Å². The number of rotatable bonds is 12. The highest BCUT2D eigenvalue weighted by Gasteiger charge is 2.31. The maximum Gasteiger partial charge on any atom is 0.173 e. The summed E-state index contributed by atoms with van der Waals surface area (Å²) in [6.07, 6.45) is 22.0. The quantitative estimate of drug-likeness (QED) is 0.0584. The first kappa shape index (κ1) is 87.8. The zero-order valence-electron chi connectivity index (χ0n) is 51.3. The molecule has 8 fully saturated rings. The number of likely N-dealkylation sites (tertiary alicyclic amines) is 1. The molecule has 4 saturated heterocycles. The lowest BCUT2D eigenvalue weighted by molar-refractivity contribution is -0.0947. The Balaban J connectivity index is -0.000000183. The molecule has 32 N–H and O–H groups in total. The van der Waals surface area contributed by atoms with Gasteiger partial charge < -0.3 is 114 Å². The van der Waals surface area contributed by atoms with E-state index in [2.05, 4.69) is 52.1 Å². The van der Waals surface area contributed by atoms with Gasteiger partial charge in [-0.05, 0) is 167 Å². The predicted molar refractivity (Wildman–Crippen MR) is 328 cm³/mol. The number of aliphatic hydroxyl groups excluding tert-OH is 1. The second-order valence-electron chi connectivity index (χ2n) is 21.0. The first-order valence-corrected chi connectivity index (χ1v) is 28.5. The van der Waals surface area contributed by atoms with E-state index in [-0.39, 0.29) is 12.8 Å². The second-order valence-corrected chi connectivity index (χ2v) is 21.0. The highest BCUT2D eigenvalue weighted by Crippen LogP contribution is 2.31. The third kappa shape index (κ3) is 79.8. The van der Waals surface area contributed by atoms with Gasteiger partial charge in [-0.15, -0.1) is 0 Å². The van der Waals surface area contributed by atoms with E-state index in [4.69, 9.17) is 98.1 Å². The minimum atomic E-state index is 0. The second kappa shape index (κ2) is 64.7. The number of aliphatic hydroxyl groups is 1. The lowest BCUT2D eigenvalue weighted by Gasteiger charge is -2.36. The highest BCUT2D eigenvalue weighted by molar-refractivity contribution is 4.99. The average molecular weight is 1140 g/mol. The number of nitrogens with zero attached hydrogens (tertiary/aromatic N) is 4. The Morgan fingerprint density at radius 3 is 1.29 bits per heavy atom. The zero-order valence-corrected chi connectivity index (χ0v) is 51.3. The van der Waals surface area contributed by atoms with E-state index >= 15 is 0 Å². The average Bonchev–Trinajstić information content (AvgIpc) is 4.16. The molecule has 9 rings (SSSR count). The molecule has 1 aromatic heterocycles. The van der Waals surface area contributed by atoms with Gasteiger partial charge in [-0.1, -0.05) is 20.8 Å². The van der Waals surface area contributed by atoms with Gasteiger partial charge in [-0.2, -0.15) is 5.26 Å². The van der Waals surface area contributed by atoms with Crippen LogP contribution in [0, 0.1) is 41.5 Å². The molecule has 0 aromatic carbocycles. The molecule has 5 heterocycles. The molecular formula is C54H129N19O6. The Morgan fingerprint density at radius 1 is 0.722 bits per heavy atom. The molecule has 0 amide bonds. The first-order chi connectivity index (χ1) is 37.1. The van der Waals surface area contributed by atoms with E-state index < -0.39 is 0 Å². The van der Waals surface area contributed by atoms with Crippen molar-refractivity contribution in [1.29, 1.82) is 5.26 Å². The third-order valence-electron chi connectivity index (χ3n) is 11.3. The van der Waals surface area contributed by atoms with Gasteiger partial charge in [0.1, 0.15) is 0 Å². The van der Waals surface area contributed by atoms with Crippen molar-refractivity contribution in [2.45, 2.75) is 174 Å². The van der Waals surface area contributed by atoms with Crippen molar-refractivity contribution in [2.75, 3.05) is 119 Å². The van der Waals surface area contributed by atoms with Crippen LogP contribution in [0.2, 0.25) is 0 Å². The molecule has 0 spiro atoms. The number of methoxy groups -OCH3 is 1. The maximum atomic E-state index is 7.99. The molecule has 0 radical (unpaired) electrons. The number of hydrogen-bond acceptors (Lipinski definition) is 25. The van der Waals surface area contributed by atoms with Crippen molar-refractivity contribution in [1.82, 2.24) is 21.0 Å². The molecule has 25 nitrogen and oxygen atoms in total. The molecule has 0 unspecified atom stereocenters. The molecule has 8 aliphatic rings. The monoisotopic (exact) mass is 1140 g/mol. The minimum Gasteiger partial charge on any atom is -0.396 e. The Kier molecular flexibility index (Phi) is 71.9. The maximum absolute atomic E-state index is 7.99. The van der Waals surface area contributed by atoms with Crippen molar-refractivity contribution in [3.63, 3.8) is 0 Å². The van der Waals surface area contributed by atoms with Crippen LogP contribution in [0.25, 0.3) is 0 Å². The van der Waals surface area contributed by atoms with Crippen LogP contribution in [0.3, 0.4) is 0 Å². The van der Waals surface area contributed by atoms with E-state index in [9.17, 15) is 0 Å². The van der Waals surface area contributed by atoms with Crippen LogP contribution < -0.4 is 86.6 Å². The number of hydrogen-bond donors (Lipinski definition) is 16. The standard InChI is InChI=1S/C6H9N3.C6H14N2.2C5H11NO.2C5H11N.C4H11NO.C4H9N.C3H7NO.C3H9NO.C3H7N.C3H9N.CH2N2.CH5NO.H3N/c1-5-3-9-6(2-7)4-8-5;7-3-6-8-4-1-2-5-8;1-5(2-6)3-7-4-5;6-5-1-3-7-4-2-5;2*1-4(6)5-2-3-5;1-6-4-2-3-5;5-3-4-1-2-4;4-3-1-5-2-3;4-2-1-3-5;4-3-1-2-3;1-3(2)4;2-1-3;1-3-2;/h3-4H,2,7H2,1H3;1-7H2;2-4,6H2,1H3;5H,1-4,6H2;2*4-5H,2-3,6H2,1H3;2-5H2,1H3;4H,1-3,5H2;3H,1-2,4H2;5H,1-4H2;3H,1-2,4H2;3H,4H2,1-2H3;2H2;2H2,1H3;1H3/t;;;;2*4-;;;;;;;;;/m....10........./s1. The van der Waals surface area contributed by atoms with Crippen LogP contribution in [0.1, 0.15) is 136 Å². The number of aryl methyl sites for hydroxylation is 1. The summed E-state index contributed by atoms with van der Waals surface area (Å²) in [6.45, 7) is 26.0. The van der Waals surface area contributed by atoms with Crippen molar-refractivity contribution >= 4 is 0 Å². The molecule has 2 atom stereocenters. The van der Waals surface area contributed by atoms with Crippen molar-refractivity contribution in [3.8, 4) is 6.19 Å². The van der Waals surface area contributed by atoms with E-state index in [0.29, 0.717) is 54.8 Å². The molecule has 4 aliphatic heterocycles. The van der Waals surface area contributed by atoms with Gasteiger partial charge in [-0.3, -0.25) is 9.97 Å². The number of nitrogens with two attached hydrogens (primary N) is 14. The molecule has 0 bridgehead atoms. The van der Waals surface area contributed by atoms with Gasteiger partial charge in [0.05, 0.1) is 51.0 Å². The van der Waals surface area contributed by atoms with E-state index in [1.807, 2.05) is 20.8 Å². The van der Waals surface area contributed by atoms with Crippen LogP contribution in [0.15, 0.2) is 12.4 Å². The Bertz CT molecular complexity index is 1300. The Hall–Kier alpha value is -2.47. The summed E-state index contributed by atoms with van der Waals surface area (Å²) < 4.78 is 19.4. The molecular weight excluding hydrogens is 1010 g/mol. The smallest absolute Gasteiger partial charge is 0.173 e. The molecule has 476 valence electrons. The van der Waals surface area contributed by atoms with Crippen LogP contribution in [-0.4, -0.2) is 176 Å².